The van der Waals surface area contributed by atoms with Crippen LogP contribution in [0.2, 0.25) is 0 Å². The highest BCUT2D eigenvalue weighted by molar-refractivity contribution is 5.09. The van der Waals surface area contributed by atoms with Crippen molar-refractivity contribution in [2.45, 2.75) is 39.0 Å². The third-order valence-corrected chi connectivity index (χ3v) is 1.91. The molecule has 0 unspecified atom stereocenters. The monoisotopic (exact) mass is 194 g/mol. The SMILES string of the molecule is CCCCCC/C=C/C=C/C=C/OC. The molecular weight excluding hydrogens is 172 g/mol. The maximum Gasteiger partial charge on any atom is 0.0824 e. The Bertz CT molecular complexity index is 178. The van der Waals surface area contributed by atoms with Gasteiger partial charge in [0.2, 0.25) is 0 Å². The number of allylic oxidation sites excluding steroid dienone is 5. The third kappa shape index (κ3) is 11.0. The lowest BCUT2D eigenvalue weighted by molar-refractivity contribution is 0.338. The average Bonchev–Trinajstić information content (AvgIpc) is 2.21. The van der Waals surface area contributed by atoms with E-state index in [4.69, 9.17) is 4.74 Å². The molecular formula is C13H22O. The van der Waals surface area contributed by atoms with Crippen LogP contribution in [0.15, 0.2) is 36.6 Å². The molecule has 0 fully saturated rings. The predicted octanol–water partition coefficient (Wildman–Crippen LogP) is 4.23. The van der Waals surface area contributed by atoms with Gasteiger partial charge in [-0.2, -0.15) is 0 Å². The summed E-state index contributed by atoms with van der Waals surface area (Å²) in [7, 11) is 1.65. The average molecular weight is 194 g/mol. The van der Waals surface area contributed by atoms with Gasteiger partial charge in [-0.1, -0.05) is 50.5 Å². The summed E-state index contributed by atoms with van der Waals surface area (Å²) in [4.78, 5) is 0. The second-order valence-electron chi connectivity index (χ2n) is 3.23. The molecule has 0 atom stereocenters. The van der Waals surface area contributed by atoms with Gasteiger partial charge in [0, 0.05) is 0 Å². The fourth-order valence-electron chi connectivity index (χ4n) is 1.12. The van der Waals surface area contributed by atoms with Gasteiger partial charge >= 0.3 is 0 Å². The van der Waals surface area contributed by atoms with Gasteiger partial charge in [0.15, 0.2) is 0 Å². The van der Waals surface area contributed by atoms with Crippen LogP contribution in [-0.4, -0.2) is 7.11 Å². The largest absolute Gasteiger partial charge is 0.504 e. The summed E-state index contributed by atoms with van der Waals surface area (Å²) in [5.74, 6) is 0. The van der Waals surface area contributed by atoms with Crippen LogP contribution in [0.25, 0.3) is 0 Å². The highest BCUT2D eigenvalue weighted by atomic mass is 16.5. The minimum atomic E-state index is 1.19. The Morgan fingerprint density at radius 3 is 2.43 bits per heavy atom. The maximum atomic E-state index is 4.76. The first kappa shape index (κ1) is 13.0. The Balaban J connectivity index is 3.26. The molecule has 0 amide bonds. The fraction of sp³-hybridized carbons (Fsp3) is 0.538. The highest BCUT2D eigenvalue weighted by Gasteiger charge is 1.82. The molecule has 0 aromatic carbocycles. The quantitative estimate of drug-likeness (QED) is 0.319. The van der Waals surface area contributed by atoms with Crippen LogP contribution in [0.3, 0.4) is 0 Å². The van der Waals surface area contributed by atoms with Crippen LogP contribution in [0.5, 0.6) is 0 Å². The maximum absolute atomic E-state index is 4.76. The normalized spacial score (nSPS) is 12.1. The minimum Gasteiger partial charge on any atom is -0.504 e. The second-order valence-corrected chi connectivity index (χ2v) is 3.23. The molecule has 0 heterocycles. The van der Waals surface area contributed by atoms with E-state index < -0.39 is 0 Å². The Hall–Kier alpha value is -0.980. The van der Waals surface area contributed by atoms with E-state index in [9.17, 15) is 0 Å². The molecule has 0 saturated heterocycles. The van der Waals surface area contributed by atoms with Gasteiger partial charge < -0.3 is 4.74 Å². The van der Waals surface area contributed by atoms with Gasteiger partial charge in [0.25, 0.3) is 0 Å². The predicted molar refractivity (Wildman–Crippen MR) is 63.2 cm³/mol. The van der Waals surface area contributed by atoms with E-state index in [-0.39, 0.29) is 0 Å². The van der Waals surface area contributed by atoms with E-state index in [0.29, 0.717) is 0 Å². The number of unbranched alkanes of at least 4 members (excludes halogenated alkanes) is 4. The van der Waals surface area contributed by atoms with E-state index in [1.165, 1.54) is 32.1 Å². The molecule has 80 valence electrons. The number of rotatable bonds is 8. The number of hydrogen-bond acceptors (Lipinski definition) is 1. The smallest absolute Gasteiger partial charge is 0.0824 e. The van der Waals surface area contributed by atoms with E-state index in [0.717, 1.165) is 0 Å². The molecule has 0 rings (SSSR count). The summed E-state index contributed by atoms with van der Waals surface area (Å²) in [6.07, 6.45) is 18.4. The highest BCUT2D eigenvalue weighted by Crippen LogP contribution is 2.02. The van der Waals surface area contributed by atoms with Crippen molar-refractivity contribution in [2.24, 2.45) is 0 Å². The topological polar surface area (TPSA) is 9.23 Å². The summed E-state index contributed by atoms with van der Waals surface area (Å²) >= 11 is 0. The van der Waals surface area contributed by atoms with Crippen LogP contribution in [-0.2, 0) is 4.74 Å². The van der Waals surface area contributed by atoms with E-state index in [1.54, 1.807) is 13.4 Å². The van der Waals surface area contributed by atoms with Crippen LogP contribution >= 0.6 is 0 Å². The number of methoxy groups -OCH3 is 1. The zero-order chi connectivity index (χ0) is 10.5. The van der Waals surface area contributed by atoms with Gasteiger partial charge in [0.1, 0.15) is 0 Å². The summed E-state index contributed by atoms with van der Waals surface area (Å²) < 4.78 is 4.76. The first-order chi connectivity index (χ1) is 6.91. The molecule has 0 aliphatic rings. The Labute approximate surface area is 88.2 Å². The van der Waals surface area contributed by atoms with Crippen LogP contribution in [0.4, 0.5) is 0 Å². The van der Waals surface area contributed by atoms with Crippen molar-refractivity contribution in [3.63, 3.8) is 0 Å². The van der Waals surface area contributed by atoms with Crippen molar-refractivity contribution < 1.29 is 4.74 Å². The zero-order valence-corrected chi connectivity index (χ0v) is 9.41. The van der Waals surface area contributed by atoms with Gasteiger partial charge in [-0.3, -0.25) is 0 Å². The van der Waals surface area contributed by atoms with Crippen molar-refractivity contribution in [1.82, 2.24) is 0 Å². The minimum absolute atomic E-state index is 1.19. The zero-order valence-electron chi connectivity index (χ0n) is 9.41. The third-order valence-electron chi connectivity index (χ3n) is 1.91. The lowest BCUT2D eigenvalue weighted by Gasteiger charge is -1.92. The summed E-state index contributed by atoms with van der Waals surface area (Å²) in [5.41, 5.74) is 0. The second kappa shape index (κ2) is 12.0. The van der Waals surface area contributed by atoms with Gasteiger partial charge in [0.05, 0.1) is 13.4 Å². The van der Waals surface area contributed by atoms with Crippen molar-refractivity contribution >= 4 is 0 Å². The lowest BCUT2D eigenvalue weighted by atomic mass is 10.1. The molecule has 0 aromatic rings. The first-order valence-corrected chi connectivity index (χ1v) is 5.43. The summed E-state index contributed by atoms with van der Waals surface area (Å²) in [5, 5.41) is 0. The van der Waals surface area contributed by atoms with Crippen LogP contribution in [0.1, 0.15) is 39.0 Å². The fourth-order valence-corrected chi connectivity index (χ4v) is 1.12. The van der Waals surface area contributed by atoms with E-state index in [1.807, 2.05) is 18.2 Å². The van der Waals surface area contributed by atoms with Crippen LogP contribution < -0.4 is 0 Å². The lowest BCUT2D eigenvalue weighted by Crippen LogP contribution is -1.72. The molecule has 1 nitrogen and oxygen atoms in total. The van der Waals surface area contributed by atoms with Crippen molar-refractivity contribution in [3.05, 3.63) is 36.6 Å². The Morgan fingerprint density at radius 1 is 0.929 bits per heavy atom. The van der Waals surface area contributed by atoms with Crippen LogP contribution in [0, 0.1) is 0 Å². The number of ether oxygens (including phenoxy) is 1. The van der Waals surface area contributed by atoms with E-state index >= 15 is 0 Å². The molecule has 0 aliphatic carbocycles. The molecule has 0 spiro atoms. The van der Waals surface area contributed by atoms with Gasteiger partial charge in [-0.05, 0) is 18.9 Å². The Kier molecular flexibility index (Phi) is 11.2. The molecule has 0 N–H and O–H groups in total. The summed E-state index contributed by atoms with van der Waals surface area (Å²) in [6.45, 7) is 2.24. The van der Waals surface area contributed by atoms with Gasteiger partial charge in [-0.15, -0.1) is 0 Å². The van der Waals surface area contributed by atoms with Gasteiger partial charge in [-0.25, -0.2) is 0 Å². The molecule has 14 heavy (non-hydrogen) atoms. The molecule has 0 bridgehead atoms. The van der Waals surface area contributed by atoms with Crippen molar-refractivity contribution in [3.8, 4) is 0 Å². The summed E-state index contributed by atoms with van der Waals surface area (Å²) in [6, 6.07) is 0. The molecule has 1 heteroatoms. The first-order valence-electron chi connectivity index (χ1n) is 5.43. The number of hydrogen-bond donors (Lipinski definition) is 0. The molecule has 0 radical (unpaired) electrons. The van der Waals surface area contributed by atoms with Crippen molar-refractivity contribution in [2.75, 3.05) is 7.11 Å². The molecule has 0 aliphatic heterocycles. The van der Waals surface area contributed by atoms with E-state index in [2.05, 4.69) is 19.1 Å². The van der Waals surface area contributed by atoms with Crippen molar-refractivity contribution in [1.29, 1.82) is 0 Å². The standard InChI is InChI=1S/C13H22O/c1-3-4-5-6-7-8-9-10-11-12-13-14-2/h8-13H,3-7H2,1-2H3/b9-8+,11-10+,13-12+. The Morgan fingerprint density at radius 2 is 1.71 bits per heavy atom. The molecule has 0 saturated carbocycles. The molecule has 0 aromatic heterocycles.